The SMILES string of the molecule is CCCCCCCCCCC/C=C(\Cl)C(C)=C(C)C. The van der Waals surface area contributed by atoms with Crippen LogP contribution >= 0.6 is 11.6 Å². The first kappa shape index (κ1) is 18.8. The minimum atomic E-state index is 0.944. The Bertz CT molecular complexity index is 269. The molecule has 112 valence electrons. The summed E-state index contributed by atoms with van der Waals surface area (Å²) >= 11 is 6.24. The minimum Gasteiger partial charge on any atom is -0.0844 e. The molecule has 0 N–H and O–H groups in total. The molecule has 0 spiro atoms. The van der Waals surface area contributed by atoms with E-state index in [1.54, 1.807) is 0 Å². The molecule has 0 aliphatic rings. The van der Waals surface area contributed by atoms with Gasteiger partial charge in [0.1, 0.15) is 0 Å². The standard InChI is InChI=1S/C18H33Cl/c1-5-6-7-8-9-10-11-12-13-14-15-18(19)17(4)16(2)3/h15H,5-14H2,1-4H3/b18-15-. The number of hydrogen-bond acceptors (Lipinski definition) is 0. The summed E-state index contributed by atoms with van der Waals surface area (Å²) in [4.78, 5) is 0. The van der Waals surface area contributed by atoms with E-state index < -0.39 is 0 Å². The molecule has 0 atom stereocenters. The van der Waals surface area contributed by atoms with Gasteiger partial charge in [-0.1, -0.05) is 81.5 Å². The van der Waals surface area contributed by atoms with Gasteiger partial charge in [-0.3, -0.25) is 0 Å². The van der Waals surface area contributed by atoms with E-state index in [4.69, 9.17) is 11.6 Å². The maximum Gasteiger partial charge on any atom is 0.0394 e. The molecule has 0 radical (unpaired) electrons. The zero-order valence-electron chi connectivity index (χ0n) is 13.5. The highest BCUT2D eigenvalue weighted by Crippen LogP contribution is 2.19. The second kappa shape index (κ2) is 12.8. The molecule has 0 aromatic rings. The first-order valence-corrected chi connectivity index (χ1v) is 8.47. The second-order valence-corrected chi connectivity index (χ2v) is 6.20. The van der Waals surface area contributed by atoms with Crippen LogP contribution in [0.15, 0.2) is 22.3 Å². The third kappa shape index (κ3) is 11.3. The van der Waals surface area contributed by atoms with Gasteiger partial charge in [-0.15, -0.1) is 0 Å². The van der Waals surface area contributed by atoms with Crippen LogP contribution in [0, 0.1) is 0 Å². The Balaban J connectivity index is 3.45. The lowest BCUT2D eigenvalue weighted by Crippen LogP contribution is -1.83. The fraction of sp³-hybridized carbons (Fsp3) is 0.778. The van der Waals surface area contributed by atoms with Crippen molar-refractivity contribution in [2.45, 2.75) is 91.9 Å². The lowest BCUT2D eigenvalue weighted by Gasteiger charge is -2.03. The average Bonchev–Trinajstić information content (AvgIpc) is 2.39. The van der Waals surface area contributed by atoms with Gasteiger partial charge in [0.05, 0.1) is 0 Å². The van der Waals surface area contributed by atoms with Crippen LogP contribution in [0.2, 0.25) is 0 Å². The van der Waals surface area contributed by atoms with Crippen LogP contribution in [0.25, 0.3) is 0 Å². The predicted octanol–water partition coefficient (Wildman–Crippen LogP) is 7.39. The normalized spacial score (nSPS) is 11.7. The lowest BCUT2D eigenvalue weighted by molar-refractivity contribution is 0.566. The predicted molar refractivity (Wildman–Crippen MR) is 89.8 cm³/mol. The first-order chi connectivity index (χ1) is 9.09. The van der Waals surface area contributed by atoms with Crippen LogP contribution in [-0.2, 0) is 0 Å². The van der Waals surface area contributed by atoms with Gasteiger partial charge in [0.15, 0.2) is 0 Å². The van der Waals surface area contributed by atoms with Gasteiger partial charge >= 0.3 is 0 Å². The van der Waals surface area contributed by atoms with Crippen molar-refractivity contribution in [1.29, 1.82) is 0 Å². The Morgan fingerprint density at radius 3 is 1.74 bits per heavy atom. The van der Waals surface area contributed by atoms with Gasteiger partial charge in [0, 0.05) is 5.03 Å². The first-order valence-electron chi connectivity index (χ1n) is 8.09. The van der Waals surface area contributed by atoms with E-state index >= 15 is 0 Å². The summed E-state index contributed by atoms with van der Waals surface area (Å²) in [5.41, 5.74) is 2.55. The largest absolute Gasteiger partial charge is 0.0844 e. The van der Waals surface area contributed by atoms with Crippen molar-refractivity contribution >= 4 is 11.6 Å². The highest BCUT2D eigenvalue weighted by Gasteiger charge is 1.97. The molecule has 0 aliphatic carbocycles. The molecule has 0 saturated heterocycles. The average molecular weight is 285 g/mol. The van der Waals surface area contributed by atoms with Crippen LogP contribution < -0.4 is 0 Å². The van der Waals surface area contributed by atoms with Crippen LogP contribution in [0.1, 0.15) is 91.9 Å². The van der Waals surface area contributed by atoms with Gasteiger partial charge in [-0.2, -0.15) is 0 Å². The third-order valence-electron chi connectivity index (χ3n) is 3.74. The molecule has 0 heterocycles. The van der Waals surface area contributed by atoms with Gasteiger partial charge in [0.2, 0.25) is 0 Å². The number of unbranched alkanes of at least 4 members (excludes halogenated alkanes) is 9. The Morgan fingerprint density at radius 1 is 0.789 bits per heavy atom. The molecule has 0 amide bonds. The molecule has 0 fully saturated rings. The molecular weight excluding hydrogens is 252 g/mol. The molecule has 0 aromatic heterocycles. The van der Waals surface area contributed by atoms with Crippen molar-refractivity contribution in [3.05, 3.63) is 22.3 Å². The van der Waals surface area contributed by atoms with Crippen molar-refractivity contribution in [3.8, 4) is 0 Å². The maximum atomic E-state index is 6.24. The zero-order chi connectivity index (χ0) is 14.5. The monoisotopic (exact) mass is 284 g/mol. The maximum absolute atomic E-state index is 6.24. The van der Waals surface area contributed by atoms with E-state index in [1.807, 2.05) is 0 Å². The van der Waals surface area contributed by atoms with Crippen molar-refractivity contribution in [2.24, 2.45) is 0 Å². The van der Waals surface area contributed by atoms with Crippen molar-refractivity contribution < 1.29 is 0 Å². The number of allylic oxidation sites excluding steroid dienone is 4. The highest BCUT2D eigenvalue weighted by molar-refractivity contribution is 6.31. The van der Waals surface area contributed by atoms with Crippen LogP contribution in [0.5, 0.6) is 0 Å². The molecule has 0 bridgehead atoms. The summed E-state index contributed by atoms with van der Waals surface area (Å²) in [5.74, 6) is 0. The van der Waals surface area contributed by atoms with E-state index in [1.165, 1.54) is 68.9 Å². The Hall–Kier alpha value is -0.230. The summed E-state index contributed by atoms with van der Waals surface area (Å²) in [6, 6.07) is 0. The third-order valence-corrected chi connectivity index (χ3v) is 4.18. The number of halogens is 1. The summed E-state index contributed by atoms with van der Waals surface area (Å²) < 4.78 is 0. The summed E-state index contributed by atoms with van der Waals surface area (Å²) in [7, 11) is 0. The lowest BCUT2D eigenvalue weighted by atomic mass is 10.1. The summed E-state index contributed by atoms with van der Waals surface area (Å²) in [5, 5.41) is 0.944. The molecule has 0 unspecified atom stereocenters. The summed E-state index contributed by atoms with van der Waals surface area (Å²) in [6.07, 6.45) is 15.8. The fourth-order valence-corrected chi connectivity index (χ4v) is 2.37. The second-order valence-electron chi connectivity index (χ2n) is 5.79. The van der Waals surface area contributed by atoms with Crippen LogP contribution in [-0.4, -0.2) is 0 Å². The molecule has 0 saturated carbocycles. The molecule has 0 aliphatic heterocycles. The minimum absolute atomic E-state index is 0.944. The molecule has 0 nitrogen and oxygen atoms in total. The Kier molecular flexibility index (Phi) is 12.6. The molecule has 19 heavy (non-hydrogen) atoms. The summed E-state index contributed by atoms with van der Waals surface area (Å²) in [6.45, 7) is 8.61. The van der Waals surface area contributed by atoms with E-state index in [-0.39, 0.29) is 0 Å². The van der Waals surface area contributed by atoms with E-state index in [2.05, 4.69) is 33.8 Å². The Morgan fingerprint density at radius 2 is 1.26 bits per heavy atom. The highest BCUT2D eigenvalue weighted by atomic mass is 35.5. The van der Waals surface area contributed by atoms with Gasteiger partial charge in [-0.05, 0) is 39.2 Å². The van der Waals surface area contributed by atoms with Gasteiger partial charge in [0.25, 0.3) is 0 Å². The number of hydrogen-bond donors (Lipinski definition) is 0. The van der Waals surface area contributed by atoms with Crippen LogP contribution in [0.3, 0.4) is 0 Å². The van der Waals surface area contributed by atoms with E-state index in [9.17, 15) is 0 Å². The quantitative estimate of drug-likeness (QED) is 0.274. The van der Waals surface area contributed by atoms with Crippen molar-refractivity contribution in [1.82, 2.24) is 0 Å². The van der Waals surface area contributed by atoms with Crippen molar-refractivity contribution in [2.75, 3.05) is 0 Å². The zero-order valence-corrected chi connectivity index (χ0v) is 14.3. The van der Waals surface area contributed by atoms with Gasteiger partial charge in [-0.25, -0.2) is 0 Å². The fourth-order valence-electron chi connectivity index (χ4n) is 2.08. The molecular formula is C18H33Cl. The molecule has 1 heteroatoms. The number of rotatable bonds is 11. The van der Waals surface area contributed by atoms with Crippen LogP contribution in [0.4, 0.5) is 0 Å². The smallest absolute Gasteiger partial charge is 0.0394 e. The topological polar surface area (TPSA) is 0 Å². The van der Waals surface area contributed by atoms with Gasteiger partial charge < -0.3 is 0 Å². The molecule has 0 aromatic carbocycles. The Labute approximate surface area is 126 Å². The molecule has 0 rings (SSSR count). The van der Waals surface area contributed by atoms with E-state index in [0.717, 1.165) is 11.5 Å². The van der Waals surface area contributed by atoms with Crippen molar-refractivity contribution in [3.63, 3.8) is 0 Å². The van der Waals surface area contributed by atoms with E-state index in [0.29, 0.717) is 0 Å².